The van der Waals surface area contributed by atoms with Gasteiger partial charge in [0.25, 0.3) is 11.8 Å². The third-order valence-corrected chi connectivity index (χ3v) is 8.27. The first-order chi connectivity index (χ1) is 20.3. The van der Waals surface area contributed by atoms with Crippen molar-refractivity contribution in [2.45, 2.75) is 13.3 Å². The van der Waals surface area contributed by atoms with Gasteiger partial charge in [-0.3, -0.25) is 24.2 Å². The molecule has 0 aliphatic carbocycles. The summed E-state index contributed by atoms with van der Waals surface area (Å²) in [6.07, 6.45) is 0.526. The van der Waals surface area contributed by atoms with Gasteiger partial charge in [-0.25, -0.2) is 0 Å². The van der Waals surface area contributed by atoms with Crippen LogP contribution in [0.3, 0.4) is 0 Å². The molecule has 9 nitrogen and oxygen atoms in total. The fourth-order valence-corrected chi connectivity index (χ4v) is 6.20. The number of hydrogen-bond acceptors (Lipinski definition) is 8. The topological polar surface area (TPSA) is 97.4 Å². The van der Waals surface area contributed by atoms with E-state index in [2.05, 4.69) is 5.32 Å². The van der Waals surface area contributed by atoms with E-state index >= 15 is 0 Å². The summed E-state index contributed by atoms with van der Waals surface area (Å²) in [5.41, 5.74) is 2.94. The van der Waals surface area contributed by atoms with Crippen LogP contribution in [0.4, 0.5) is 11.4 Å². The van der Waals surface area contributed by atoms with Gasteiger partial charge in [0, 0.05) is 17.8 Å². The molecule has 3 aromatic rings. The van der Waals surface area contributed by atoms with Crippen molar-refractivity contribution in [3.63, 3.8) is 0 Å². The molecule has 1 saturated heterocycles. The van der Waals surface area contributed by atoms with Crippen molar-refractivity contribution in [1.82, 2.24) is 4.90 Å². The van der Waals surface area contributed by atoms with Crippen molar-refractivity contribution in [2.24, 2.45) is 0 Å². The Morgan fingerprint density at radius 2 is 1.67 bits per heavy atom. The molecule has 1 N–H and O–H groups in total. The van der Waals surface area contributed by atoms with Crippen LogP contribution in [0, 0.1) is 0 Å². The Labute approximate surface area is 253 Å². The highest BCUT2D eigenvalue weighted by atomic mass is 32.2. The van der Waals surface area contributed by atoms with Crippen molar-refractivity contribution < 1.29 is 28.6 Å². The summed E-state index contributed by atoms with van der Waals surface area (Å²) in [5.74, 6) is 0.800. The monoisotopic (exact) mass is 603 g/mol. The molecule has 2 aliphatic rings. The summed E-state index contributed by atoms with van der Waals surface area (Å²) >= 11 is 6.67. The fourth-order valence-electron chi connectivity index (χ4n) is 4.82. The lowest BCUT2D eigenvalue weighted by molar-refractivity contribution is -0.122. The zero-order valence-corrected chi connectivity index (χ0v) is 25.0. The molecule has 0 unspecified atom stereocenters. The number of methoxy groups -OCH3 is 2. The Balaban J connectivity index is 1.33. The summed E-state index contributed by atoms with van der Waals surface area (Å²) in [5, 5.41) is 2.82. The largest absolute Gasteiger partial charge is 0.494 e. The van der Waals surface area contributed by atoms with E-state index in [-0.39, 0.29) is 28.8 Å². The number of hydrogen-bond donors (Lipinski definition) is 1. The molecule has 2 heterocycles. The summed E-state index contributed by atoms with van der Waals surface area (Å²) < 4.78 is 16.5. The molecule has 0 aromatic heterocycles. The second kappa shape index (κ2) is 12.7. The van der Waals surface area contributed by atoms with E-state index in [1.807, 2.05) is 25.1 Å². The third-order valence-electron chi connectivity index (χ3n) is 6.82. The van der Waals surface area contributed by atoms with E-state index in [4.69, 9.17) is 26.4 Å². The van der Waals surface area contributed by atoms with Gasteiger partial charge in [-0.1, -0.05) is 48.2 Å². The Morgan fingerprint density at radius 3 is 2.38 bits per heavy atom. The number of ether oxygens (including phenoxy) is 3. The van der Waals surface area contributed by atoms with Crippen molar-refractivity contribution in [2.75, 3.05) is 44.1 Å². The second-order valence-corrected chi connectivity index (χ2v) is 11.0. The number of carbonyl (C=O) groups excluding carboxylic acids is 3. The van der Waals surface area contributed by atoms with Crippen LogP contribution in [0.5, 0.6) is 17.2 Å². The molecule has 2 aliphatic heterocycles. The van der Waals surface area contributed by atoms with Gasteiger partial charge in [0.05, 0.1) is 37.0 Å². The zero-order chi connectivity index (χ0) is 29.8. The number of carbonyl (C=O) groups is 3. The number of para-hydroxylation sites is 1. The molecule has 216 valence electrons. The number of thioether (sulfide) groups is 1. The molecule has 3 aromatic carbocycles. The predicted molar refractivity (Wildman–Crippen MR) is 167 cm³/mol. The molecule has 11 heteroatoms. The Morgan fingerprint density at radius 1 is 0.929 bits per heavy atom. The average Bonchev–Trinajstić information content (AvgIpc) is 3.43. The van der Waals surface area contributed by atoms with E-state index in [0.717, 1.165) is 17.3 Å². The third kappa shape index (κ3) is 5.83. The van der Waals surface area contributed by atoms with Crippen LogP contribution in [0.15, 0.2) is 71.6 Å². The van der Waals surface area contributed by atoms with Gasteiger partial charge in [0.2, 0.25) is 5.91 Å². The van der Waals surface area contributed by atoms with Gasteiger partial charge < -0.3 is 19.5 Å². The van der Waals surface area contributed by atoms with Gasteiger partial charge in [0.1, 0.15) is 16.6 Å². The minimum absolute atomic E-state index is 0.216. The van der Waals surface area contributed by atoms with Crippen LogP contribution in [-0.2, 0) is 20.8 Å². The molecule has 0 atom stereocenters. The molecule has 1 fully saturated rings. The number of fused-ring (bicyclic) bond motifs is 1. The van der Waals surface area contributed by atoms with E-state index < -0.39 is 5.91 Å². The lowest BCUT2D eigenvalue weighted by Crippen LogP contribution is -2.35. The standard InChI is InChI=1S/C31H29N3O6S2/c1-4-40-21-12-10-20(11-13-21)32-26(35)18-34-23-8-6-5-7-22(23)27(29(34)36)28-30(37)33(31(41)42-28)16-15-19-9-14-24(38-2)25(17-19)39-3/h5-14,17H,4,15-16,18H2,1-3H3,(H,32,35). The normalized spacial score (nSPS) is 16.1. The summed E-state index contributed by atoms with van der Waals surface area (Å²) in [6.45, 7) is 2.56. The number of amides is 3. The zero-order valence-electron chi connectivity index (χ0n) is 23.3. The molecule has 0 radical (unpaired) electrons. The predicted octanol–water partition coefficient (Wildman–Crippen LogP) is 4.90. The Bertz CT molecular complexity index is 1590. The number of thiocarbonyl (C=S) groups is 1. The van der Waals surface area contributed by atoms with Crippen LogP contribution < -0.4 is 24.4 Å². The molecule has 0 spiro atoms. The van der Waals surface area contributed by atoms with Crippen LogP contribution in [-0.4, -0.2) is 60.9 Å². The highest BCUT2D eigenvalue weighted by molar-refractivity contribution is 8.26. The van der Waals surface area contributed by atoms with Gasteiger partial charge in [0.15, 0.2) is 11.5 Å². The van der Waals surface area contributed by atoms with Gasteiger partial charge in [-0.05, 0) is 61.4 Å². The number of benzene rings is 3. The number of nitrogens with zero attached hydrogens (tertiary/aromatic N) is 2. The number of nitrogens with one attached hydrogen (secondary N) is 1. The average molecular weight is 604 g/mol. The maximum atomic E-state index is 13.7. The van der Waals surface area contributed by atoms with Crippen molar-refractivity contribution >= 4 is 63.0 Å². The fraction of sp³-hybridized carbons (Fsp3) is 0.226. The Hall–Kier alpha value is -4.35. The first-order valence-electron chi connectivity index (χ1n) is 13.3. The van der Waals surface area contributed by atoms with Gasteiger partial charge in [-0.15, -0.1) is 0 Å². The lowest BCUT2D eigenvalue weighted by Gasteiger charge is -2.17. The summed E-state index contributed by atoms with van der Waals surface area (Å²) in [6, 6.07) is 19.7. The summed E-state index contributed by atoms with van der Waals surface area (Å²) in [4.78, 5) is 43.5. The van der Waals surface area contributed by atoms with E-state index in [1.165, 1.54) is 9.80 Å². The second-order valence-electron chi connectivity index (χ2n) is 9.38. The lowest BCUT2D eigenvalue weighted by atomic mass is 10.1. The highest BCUT2D eigenvalue weighted by Gasteiger charge is 2.42. The molecular formula is C31H29N3O6S2. The smallest absolute Gasteiger partial charge is 0.267 e. The molecular weight excluding hydrogens is 574 g/mol. The Kier molecular flexibility index (Phi) is 8.79. The first-order valence-corrected chi connectivity index (χ1v) is 14.5. The minimum Gasteiger partial charge on any atom is -0.494 e. The minimum atomic E-state index is -0.418. The van der Waals surface area contributed by atoms with E-state index in [1.54, 1.807) is 62.8 Å². The van der Waals surface area contributed by atoms with E-state index in [9.17, 15) is 14.4 Å². The maximum absolute atomic E-state index is 13.7. The van der Waals surface area contributed by atoms with Crippen molar-refractivity contribution in [1.29, 1.82) is 0 Å². The van der Waals surface area contributed by atoms with Gasteiger partial charge in [-0.2, -0.15) is 0 Å². The number of anilines is 2. The van der Waals surface area contributed by atoms with Crippen molar-refractivity contribution in [3.8, 4) is 17.2 Å². The summed E-state index contributed by atoms with van der Waals surface area (Å²) in [7, 11) is 3.14. The highest BCUT2D eigenvalue weighted by Crippen LogP contribution is 2.44. The van der Waals surface area contributed by atoms with Crippen molar-refractivity contribution in [3.05, 3.63) is 82.8 Å². The molecule has 3 amide bonds. The van der Waals surface area contributed by atoms with E-state index in [0.29, 0.717) is 58.1 Å². The quantitative estimate of drug-likeness (QED) is 0.258. The van der Waals surface area contributed by atoms with Crippen LogP contribution in [0.25, 0.3) is 5.57 Å². The molecule has 0 saturated carbocycles. The van der Waals surface area contributed by atoms with Crippen LogP contribution >= 0.6 is 24.0 Å². The SMILES string of the molecule is CCOc1ccc(NC(=O)CN2C(=O)C(=C3SC(=S)N(CCc4ccc(OC)c(OC)c4)C3=O)c3ccccc32)cc1. The molecule has 5 rings (SSSR count). The van der Waals surface area contributed by atoms with Crippen LogP contribution in [0.1, 0.15) is 18.1 Å². The maximum Gasteiger partial charge on any atom is 0.267 e. The number of rotatable bonds is 10. The molecule has 0 bridgehead atoms. The van der Waals surface area contributed by atoms with Crippen LogP contribution in [0.2, 0.25) is 0 Å². The first kappa shape index (κ1) is 29.2. The van der Waals surface area contributed by atoms with Gasteiger partial charge >= 0.3 is 0 Å². The molecule has 42 heavy (non-hydrogen) atoms.